The second kappa shape index (κ2) is 8.05. The zero-order valence-corrected chi connectivity index (χ0v) is 17.7. The van der Waals surface area contributed by atoms with Crippen molar-refractivity contribution in [2.45, 2.75) is 4.21 Å². The Balaban J connectivity index is 1.57. The normalized spacial score (nSPS) is 11.4. The first-order valence-corrected chi connectivity index (χ1v) is 11.1. The van der Waals surface area contributed by atoms with Gasteiger partial charge in [-0.05, 0) is 36.4 Å². The van der Waals surface area contributed by atoms with E-state index < -0.39 is 15.8 Å². The lowest BCUT2D eigenvalue weighted by Crippen LogP contribution is -2.11. The largest absolute Gasteiger partial charge is 0.495 e. The van der Waals surface area contributed by atoms with E-state index in [1.165, 1.54) is 37.4 Å². The number of sulfonamides is 1. The maximum Gasteiger partial charge on any atom is 0.271 e. The van der Waals surface area contributed by atoms with Crippen LogP contribution in [0.5, 0.6) is 5.75 Å². The third kappa shape index (κ3) is 4.16. The number of nitrogens with one attached hydrogen (secondary N) is 1. The highest BCUT2D eigenvalue weighted by molar-refractivity contribution is 7.94. The van der Waals surface area contributed by atoms with Crippen LogP contribution in [0.2, 0.25) is 5.02 Å². The van der Waals surface area contributed by atoms with Crippen molar-refractivity contribution < 1.29 is 22.1 Å². The van der Waals surface area contributed by atoms with Gasteiger partial charge in [0.15, 0.2) is 0 Å². The molecular weight excluding hydrogens is 453 g/mol. The molecule has 0 saturated carbocycles. The number of nitrogens with zero attached hydrogens (tertiary/aromatic N) is 2. The number of aromatic nitrogens is 2. The van der Waals surface area contributed by atoms with E-state index in [1.807, 2.05) is 0 Å². The summed E-state index contributed by atoms with van der Waals surface area (Å²) in [6, 6.07) is 11.7. The summed E-state index contributed by atoms with van der Waals surface area (Å²) in [4.78, 5) is 4.22. The highest BCUT2D eigenvalue weighted by atomic mass is 35.5. The molecule has 0 radical (unpaired) electrons. The van der Waals surface area contributed by atoms with Gasteiger partial charge < -0.3 is 9.26 Å². The summed E-state index contributed by atoms with van der Waals surface area (Å²) in [6.07, 6.45) is 0. The Hall–Kier alpha value is -2.95. The number of methoxy groups -OCH3 is 1. The summed E-state index contributed by atoms with van der Waals surface area (Å²) in [5.41, 5.74) is 1.18. The fourth-order valence-electron chi connectivity index (χ4n) is 2.59. The van der Waals surface area contributed by atoms with Gasteiger partial charge in [-0.2, -0.15) is 4.98 Å². The molecule has 0 fully saturated rings. The first kappa shape index (κ1) is 20.3. The maximum atomic E-state index is 13.4. The molecule has 0 atom stereocenters. The van der Waals surface area contributed by atoms with Crippen LogP contribution in [-0.4, -0.2) is 25.7 Å². The molecule has 11 heteroatoms. The zero-order chi connectivity index (χ0) is 21.3. The van der Waals surface area contributed by atoms with Crippen molar-refractivity contribution in [2.75, 3.05) is 11.8 Å². The summed E-state index contributed by atoms with van der Waals surface area (Å²) in [6.45, 7) is 0. The van der Waals surface area contributed by atoms with Crippen molar-refractivity contribution in [1.29, 1.82) is 0 Å². The molecule has 154 valence electrons. The highest BCUT2D eigenvalue weighted by Crippen LogP contribution is 2.32. The van der Waals surface area contributed by atoms with E-state index in [4.69, 9.17) is 20.9 Å². The second-order valence-electron chi connectivity index (χ2n) is 6.04. The quantitative estimate of drug-likeness (QED) is 0.427. The Morgan fingerprint density at radius 2 is 2.00 bits per heavy atom. The van der Waals surface area contributed by atoms with E-state index in [9.17, 15) is 12.8 Å². The lowest BCUT2D eigenvalue weighted by Gasteiger charge is -2.08. The zero-order valence-electron chi connectivity index (χ0n) is 15.3. The molecule has 2 aromatic heterocycles. The average molecular weight is 466 g/mol. The van der Waals surface area contributed by atoms with E-state index in [-0.39, 0.29) is 20.9 Å². The smallest absolute Gasteiger partial charge is 0.271 e. The minimum Gasteiger partial charge on any atom is -0.495 e. The molecule has 0 aliphatic carbocycles. The summed E-state index contributed by atoms with van der Waals surface area (Å²) < 4.78 is 51.6. The number of hydrogen-bond donors (Lipinski definition) is 1. The molecule has 0 aliphatic heterocycles. The number of thiophene rings is 1. The van der Waals surface area contributed by atoms with E-state index in [0.29, 0.717) is 22.6 Å². The number of benzene rings is 2. The Morgan fingerprint density at radius 3 is 2.73 bits per heavy atom. The topological polar surface area (TPSA) is 94.3 Å². The monoisotopic (exact) mass is 465 g/mol. The van der Waals surface area contributed by atoms with Crippen LogP contribution >= 0.6 is 22.9 Å². The van der Waals surface area contributed by atoms with E-state index in [1.54, 1.807) is 23.6 Å². The van der Waals surface area contributed by atoms with Crippen LogP contribution in [-0.2, 0) is 10.0 Å². The summed E-state index contributed by atoms with van der Waals surface area (Å²) in [7, 11) is -2.39. The van der Waals surface area contributed by atoms with Gasteiger partial charge in [-0.1, -0.05) is 28.9 Å². The molecule has 4 rings (SSSR count). The Morgan fingerprint density at radius 1 is 1.17 bits per heavy atom. The van der Waals surface area contributed by atoms with Gasteiger partial charge in [0.1, 0.15) is 15.8 Å². The number of hydrogen-bond acceptors (Lipinski definition) is 7. The molecule has 0 spiro atoms. The van der Waals surface area contributed by atoms with Gasteiger partial charge in [0, 0.05) is 10.9 Å². The van der Waals surface area contributed by atoms with Crippen molar-refractivity contribution >= 4 is 38.6 Å². The average Bonchev–Trinajstić information content (AvgIpc) is 3.38. The molecule has 0 saturated heterocycles. The predicted octanol–water partition coefficient (Wildman–Crippen LogP) is 5.07. The molecule has 0 amide bonds. The van der Waals surface area contributed by atoms with Crippen LogP contribution in [0.1, 0.15) is 0 Å². The van der Waals surface area contributed by atoms with Crippen LogP contribution in [0.4, 0.5) is 10.1 Å². The predicted molar refractivity (Wildman–Crippen MR) is 112 cm³/mol. The lowest BCUT2D eigenvalue weighted by molar-refractivity contribution is 0.415. The molecule has 1 N–H and O–H groups in total. The molecule has 2 aromatic carbocycles. The molecular formula is C19H13ClFN3O4S2. The first-order valence-electron chi connectivity index (χ1n) is 8.40. The van der Waals surface area contributed by atoms with Crippen molar-refractivity contribution in [3.8, 4) is 28.6 Å². The van der Waals surface area contributed by atoms with E-state index in [0.717, 1.165) is 11.3 Å². The van der Waals surface area contributed by atoms with Crippen LogP contribution in [0.3, 0.4) is 0 Å². The van der Waals surface area contributed by atoms with Crippen LogP contribution in [0.25, 0.3) is 22.8 Å². The van der Waals surface area contributed by atoms with Gasteiger partial charge in [0.25, 0.3) is 15.9 Å². The number of ether oxygens (including phenoxy) is 1. The third-order valence-electron chi connectivity index (χ3n) is 4.00. The fourth-order valence-corrected chi connectivity index (χ4v) is 5.05. The molecule has 7 nitrogen and oxygen atoms in total. The first-order chi connectivity index (χ1) is 14.4. The minimum atomic E-state index is -3.86. The third-order valence-corrected chi connectivity index (χ3v) is 7.12. The Bertz CT molecular complexity index is 1320. The Labute approximate surface area is 180 Å². The van der Waals surface area contributed by atoms with Gasteiger partial charge >= 0.3 is 0 Å². The standard InChI is InChI=1S/C19H13ClFN3O4S2/c1-27-16-6-5-14(9-15(16)20)24-30(25,26)17-8-12(10-29-17)19-22-18(23-28-19)11-3-2-4-13(21)7-11/h2-10,24H,1H3. The van der Waals surface area contributed by atoms with Gasteiger partial charge in [0.05, 0.1) is 23.4 Å². The molecule has 0 unspecified atom stereocenters. The van der Waals surface area contributed by atoms with Crippen molar-refractivity contribution in [2.24, 2.45) is 0 Å². The number of halogens is 2. The van der Waals surface area contributed by atoms with Gasteiger partial charge in [0.2, 0.25) is 5.82 Å². The van der Waals surface area contributed by atoms with Gasteiger partial charge in [-0.3, -0.25) is 4.72 Å². The molecule has 2 heterocycles. The summed E-state index contributed by atoms with van der Waals surface area (Å²) in [5.74, 6) is 0.335. The second-order valence-corrected chi connectivity index (χ2v) is 9.27. The van der Waals surface area contributed by atoms with Gasteiger partial charge in [-0.15, -0.1) is 11.3 Å². The highest BCUT2D eigenvalue weighted by Gasteiger charge is 2.20. The van der Waals surface area contributed by atoms with Crippen molar-refractivity contribution in [1.82, 2.24) is 10.1 Å². The van der Waals surface area contributed by atoms with E-state index in [2.05, 4.69) is 14.9 Å². The lowest BCUT2D eigenvalue weighted by atomic mass is 10.2. The minimum absolute atomic E-state index is 0.0509. The summed E-state index contributed by atoms with van der Waals surface area (Å²) in [5, 5.41) is 5.69. The number of anilines is 1. The fraction of sp³-hybridized carbons (Fsp3) is 0.0526. The number of rotatable bonds is 6. The van der Waals surface area contributed by atoms with Crippen LogP contribution in [0, 0.1) is 5.82 Å². The van der Waals surface area contributed by atoms with Crippen LogP contribution in [0.15, 0.2) is 62.6 Å². The SMILES string of the molecule is COc1ccc(NS(=O)(=O)c2cc(-c3nc(-c4cccc(F)c4)no3)cs2)cc1Cl. The maximum absolute atomic E-state index is 13.4. The van der Waals surface area contributed by atoms with Gasteiger partial charge in [-0.25, -0.2) is 12.8 Å². The van der Waals surface area contributed by atoms with Crippen LogP contribution < -0.4 is 9.46 Å². The van der Waals surface area contributed by atoms with Crippen molar-refractivity contribution in [3.05, 3.63) is 64.8 Å². The Kier molecular flexibility index (Phi) is 5.46. The van der Waals surface area contributed by atoms with E-state index >= 15 is 0 Å². The molecule has 0 bridgehead atoms. The molecule has 4 aromatic rings. The summed E-state index contributed by atoms with van der Waals surface area (Å²) >= 11 is 7.04. The van der Waals surface area contributed by atoms with Crippen molar-refractivity contribution in [3.63, 3.8) is 0 Å². The molecule has 0 aliphatic rings. The molecule has 30 heavy (non-hydrogen) atoms.